The van der Waals surface area contributed by atoms with Crippen LogP contribution in [0.1, 0.15) is 46.9 Å². The van der Waals surface area contributed by atoms with E-state index in [1.54, 1.807) is 0 Å². The van der Waals surface area contributed by atoms with Crippen LogP contribution in [0.15, 0.2) is 48.5 Å². The Balaban J connectivity index is 1.84. The number of carbonyl (C=O) groups excluding carboxylic acids is 1. The largest absolute Gasteiger partial charge is 0.465 e. The zero-order valence-electron chi connectivity index (χ0n) is 11.7. The molecule has 6 rings (SSSR count). The van der Waals surface area contributed by atoms with Crippen LogP contribution in [0.25, 0.3) is 0 Å². The summed E-state index contributed by atoms with van der Waals surface area (Å²) in [7, 11) is 0. The molecule has 1 aliphatic heterocycles. The molecule has 1 fully saturated rings. The van der Waals surface area contributed by atoms with Crippen molar-refractivity contribution in [1.82, 2.24) is 0 Å². The van der Waals surface area contributed by atoms with E-state index >= 15 is 0 Å². The third kappa shape index (κ3) is 1.26. The fourth-order valence-corrected chi connectivity index (χ4v) is 4.83. The number of esters is 1. The van der Waals surface area contributed by atoms with E-state index in [9.17, 15) is 4.79 Å². The molecule has 2 bridgehead atoms. The van der Waals surface area contributed by atoms with Gasteiger partial charge in [0.25, 0.3) is 0 Å². The van der Waals surface area contributed by atoms with Crippen molar-refractivity contribution in [3.8, 4) is 0 Å². The highest BCUT2D eigenvalue weighted by atomic mass is 16.5. The summed E-state index contributed by atoms with van der Waals surface area (Å²) < 4.78 is 5.39. The van der Waals surface area contributed by atoms with Gasteiger partial charge < -0.3 is 4.74 Å². The van der Waals surface area contributed by atoms with Crippen LogP contribution in [0.5, 0.6) is 0 Å². The van der Waals surface area contributed by atoms with Gasteiger partial charge in [0, 0.05) is 11.8 Å². The van der Waals surface area contributed by atoms with Crippen molar-refractivity contribution in [1.29, 1.82) is 0 Å². The maximum Gasteiger partial charge on any atom is 0.313 e. The van der Waals surface area contributed by atoms with Gasteiger partial charge in [0.05, 0.1) is 12.0 Å². The van der Waals surface area contributed by atoms with Crippen molar-refractivity contribution in [3.63, 3.8) is 0 Å². The lowest BCUT2D eigenvalue weighted by Crippen LogP contribution is -2.44. The van der Waals surface area contributed by atoms with E-state index in [1.165, 1.54) is 22.3 Å². The summed E-state index contributed by atoms with van der Waals surface area (Å²) >= 11 is 0. The molecular weight excluding hydrogens is 260 g/mol. The highest BCUT2D eigenvalue weighted by molar-refractivity contribution is 5.83. The summed E-state index contributed by atoms with van der Waals surface area (Å²) in [6, 6.07) is 17.3. The Morgan fingerprint density at radius 3 is 2.00 bits per heavy atom. The van der Waals surface area contributed by atoms with Crippen LogP contribution in [-0.2, 0) is 9.53 Å². The quantitative estimate of drug-likeness (QED) is 0.687. The minimum atomic E-state index is -0.326. The molecule has 2 heteroatoms. The number of carbonyl (C=O) groups is 1. The molecule has 4 aliphatic rings. The molecular formula is C19H16O2. The Morgan fingerprint density at radius 2 is 1.48 bits per heavy atom. The molecule has 21 heavy (non-hydrogen) atoms. The van der Waals surface area contributed by atoms with Crippen molar-refractivity contribution >= 4 is 5.97 Å². The van der Waals surface area contributed by atoms with Crippen LogP contribution < -0.4 is 0 Å². The molecule has 1 atom stereocenters. The topological polar surface area (TPSA) is 26.3 Å². The SMILES string of the molecule is O=C1OCCC12CC1c3ccccc3C2c2ccccc21. The molecule has 2 aromatic rings. The van der Waals surface area contributed by atoms with Gasteiger partial charge in [-0.15, -0.1) is 0 Å². The molecule has 2 aromatic carbocycles. The van der Waals surface area contributed by atoms with Crippen LogP contribution in [-0.4, -0.2) is 12.6 Å². The van der Waals surface area contributed by atoms with E-state index in [0.717, 1.165) is 12.8 Å². The molecule has 0 N–H and O–H groups in total. The maximum atomic E-state index is 12.5. The van der Waals surface area contributed by atoms with E-state index in [4.69, 9.17) is 4.74 Å². The van der Waals surface area contributed by atoms with Gasteiger partial charge in [-0.25, -0.2) is 0 Å². The normalized spacial score (nSPS) is 31.9. The predicted molar refractivity (Wildman–Crippen MR) is 79.2 cm³/mol. The van der Waals surface area contributed by atoms with Crippen molar-refractivity contribution in [2.24, 2.45) is 5.41 Å². The zero-order valence-corrected chi connectivity index (χ0v) is 11.7. The van der Waals surface area contributed by atoms with E-state index in [-0.39, 0.29) is 17.3 Å². The van der Waals surface area contributed by atoms with Gasteiger partial charge in [0.2, 0.25) is 0 Å². The van der Waals surface area contributed by atoms with E-state index in [0.29, 0.717) is 12.5 Å². The molecule has 3 aliphatic carbocycles. The summed E-state index contributed by atoms with van der Waals surface area (Å²) in [5, 5.41) is 0. The number of cyclic esters (lactones) is 1. The highest BCUT2D eigenvalue weighted by Gasteiger charge is 2.59. The molecule has 2 nitrogen and oxygen atoms in total. The molecule has 1 spiro atoms. The number of rotatable bonds is 0. The lowest BCUT2D eigenvalue weighted by molar-refractivity contribution is -0.148. The van der Waals surface area contributed by atoms with Crippen molar-refractivity contribution < 1.29 is 9.53 Å². The zero-order chi connectivity index (χ0) is 14.0. The number of hydrogen-bond acceptors (Lipinski definition) is 2. The summed E-state index contributed by atoms with van der Waals surface area (Å²) in [4.78, 5) is 12.5. The Kier molecular flexibility index (Phi) is 2.07. The Morgan fingerprint density at radius 1 is 0.905 bits per heavy atom. The summed E-state index contributed by atoms with van der Waals surface area (Å²) in [6.45, 7) is 0.576. The van der Waals surface area contributed by atoms with E-state index in [2.05, 4.69) is 48.5 Å². The fourth-order valence-electron chi connectivity index (χ4n) is 4.83. The molecule has 1 unspecified atom stereocenters. The van der Waals surface area contributed by atoms with Crippen LogP contribution in [0.3, 0.4) is 0 Å². The van der Waals surface area contributed by atoms with Crippen molar-refractivity contribution in [3.05, 3.63) is 70.8 Å². The van der Waals surface area contributed by atoms with Gasteiger partial charge in [-0.1, -0.05) is 48.5 Å². The first-order chi connectivity index (χ1) is 10.3. The van der Waals surface area contributed by atoms with Gasteiger partial charge in [-0.05, 0) is 35.1 Å². The monoisotopic (exact) mass is 276 g/mol. The van der Waals surface area contributed by atoms with Crippen LogP contribution in [0.4, 0.5) is 0 Å². The second kappa shape index (κ2) is 3.76. The third-order valence-corrected chi connectivity index (χ3v) is 5.67. The minimum Gasteiger partial charge on any atom is -0.465 e. The summed E-state index contributed by atoms with van der Waals surface area (Å²) in [6.07, 6.45) is 1.76. The average Bonchev–Trinajstić information content (AvgIpc) is 2.88. The average molecular weight is 276 g/mol. The van der Waals surface area contributed by atoms with Crippen LogP contribution in [0, 0.1) is 5.41 Å². The standard InChI is InChI=1S/C19H16O2/c20-18-19(9-10-21-18)11-16-12-5-1-3-7-14(12)17(19)15-8-4-2-6-13(15)16/h1-8,16-17H,9-11H2. The Hall–Kier alpha value is -2.09. The van der Waals surface area contributed by atoms with E-state index in [1.807, 2.05) is 0 Å². The number of benzene rings is 2. The summed E-state index contributed by atoms with van der Waals surface area (Å²) in [5.41, 5.74) is 5.17. The van der Waals surface area contributed by atoms with Gasteiger partial charge in [-0.3, -0.25) is 4.79 Å². The predicted octanol–water partition coefficient (Wildman–Crippen LogP) is 3.60. The Bertz CT molecular complexity index is 716. The molecule has 104 valence electrons. The smallest absolute Gasteiger partial charge is 0.313 e. The number of hydrogen-bond donors (Lipinski definition) is 0. The second-order valence-corrected chi connectivity index (χ2v) is 6.49. The first-order valence-corrected chi connectivity index (χ1v) is 7.66. The Labute approximate surface area is 123 Å². The van der Waals surface area contributed by atoms with Crippen LogP contribution in [0.2, 0.25) is 0 Å². The first-order valence-electron chi connectivity index (χ1n) is 7.66. The van der Waals surface area contributed by atoms with Crippen molar-refractivity contribution in [2.45, 2.75) is 24.7 Å². The molecule has 1 saturated heterocycles. The highest BCUT2D eigenvalue weighted by Crippen LogP contribution is 2.63. The third-order valence-electron chi connectivity index (χ3n) is 5.67. The van der Waals surface area contributed by atoms with Crippen molar-refractivity contribution in [2.75, 3.05) is 6.61 Å². The molecule has 1 heterocycles. The molecule has 0 aromatic heterocycles. The maximum absolute atomic E-state index is 12.5. The molecule has 0 saturated carbocycles. The first kappa shape index (κ1) is 11.6. The van der Waals surface area contributed by atoms with Gasteiger partial charge in [0.15, 0.2) is 0 Å². The van der Waals surface area contributed by atoms with Gasteiger partial charge in [0.1, 0.15) is 0 Å². The second-order valence-electron chi connectivity index (χ2n) is 6.49. The molecule has 0 radical (unpaired) electrons. The summed E-state index contributed by atoms with van der Waals surface area (Å²) in [5.74, 6) is 0.527. The number of ether oxygens (including phenoxy) is 1. The lowest BCUT2D eigenvalue weighted by atomic mass is 9.51. The molecule has 0 amide bonds. The van der Waals surface area contributed by atoms with Gasteiger partial charge >= 0.3 is 5.97 Å². The van der Waals surface area contributed by atoms with Gasteiger partial charge in [-0.2, -0.15) is 0 Å². The van der Waals surface area contributed by atoms with Crippen LogP contribution >= 0.6 is 0 Å². The lowest BCUT2D eigenvalue weighted by Gasteiger charge is -2.49. The minimum absolute atomic E-state index is 0.0153. The fraction of sp³-hybridized carbons (Fsp3) is 0.316. The van der Waals surface area contributed by atoms with E-state index < -0.39 is 0 Å².